The van der Waals surface area contributed by atoms with E-state index in [2.05, 4.69) is 5.32 Å². The first kappa shape index (κ1) is 7.23. The lowest BCUT2D eigenvalue weighted by molar-refractivity contribution is 0.612. The van der Waals surface area contributed by atoms with E-state index < -0.39 is 0 Å². The second-order valence-electron chi connectivity index (χ2n) is 1.31. The van der Waals surface area contributed by atoms with Crippen molar-refractivity contribution >= 4 is 13.7 Å². The van der Waals surface area contributed by atoms with Gasteiger partial charge in [-0.1, -0.05) is 0 Å². The molecular weight excluding hydrogens is 103 g/mol. The summed E-state index contributed by atoms with van der Waals surface area (Å²) in [5.41, 5.74) is 0.576. The Morgan fingerprint density at radius 2 is 2.50 bits per heavy atom. The molecule has 0 radical (unpaired) electrons. The zero-order valence-corrected chi connectivity index (χ0v) is 4.81. The summed E-state index contributed by atoms with van der Waals surface area (Å²) in [7, 11) is 1.64. The highest BCUT2D eigenvalue weighted by molar-refractivity contribution is 6.44. The molecule has 0 aromatic heterocycles. The molecule has 0 saturated heterocycles. The molecule has 3 nitrogen and oxygen atoms in total. The van der Waals surface area contributed by atoms with Crippen molar-refractivity contribution in [2.24, 2.45) is 0 Å². The minimum atomic E-state index is -0.0790. The van der Waals surface area contributed by atoms with Crippen LogP contribution in [0, 0.1) is 5.41 Å². The first-order valence-electron chi connectivity index (χ1n) is 2.32. The van der Waals surface area contributed by atoms with Gasteiger partial charge in [-0.2, -0.15) is 0 Å². The van der Waals surface area contributed by atoms with Crippen LogP contribution in [0.3, 0.4) is 0 Å². The maximum Gasteiger partial charge on any atom is 0.307 e. The molecule has 0 aliphatic rings. The van der Waals surface area contributed by atoms with E-state index >= 15 is 0 Å². The van der Waals surface area contributed by atoms with Crippen LogP contribution in [0.15, 0.2) is 11.7 Å². The van der Waals surface area contributed by atoms with Crippen molar-refractivity contribution in [2.75, 3.05) is 7.05 Å². The zero-order chi connectivity index (χ0) is 6.41. The largest absolute Gasteiger partial charge is 0.449 e. The van der Waals surface area contributed by atoms with Gasteiger partial charge in [0, 0.05) is 13.3 Å². The maximum atomic E-state index is 8.40. The molecule has 0 fully saturated rings. The Morgan fingerprint density at radius 1 is 1.88 bits per heavy atom. The Morgan fingerprint density at radius 3 is 2.62 bits per heavy atom. The number of hydrogen-bond acceptors (Lipinski definition) is 3. The van der Waals surface area contributed by atoms with Gasteiger partial charge in [-0.05, 0) is 11.7 Å². The van der Waals surface area contributed by atoms with E-state index in [4.69, 9.17) is 10.4 Å². The quantitative estimate of drug-likeness (QED) is 0.325. The van der Waals surface area contributed by atoms with Crippen molar-refractivity contribution < 1.29 is 5.02 Å². The van der Waals surface area contributed by atoms with Crippen molar-refractivity contribution in [3.05, 3.63) is 11.7 Å². The summed E-state index contributed by atoms with van der Waals surface area (Å²) in [6, 6.07) is 0. The van der Waals surface area contributed by atoms with E-state index in [9.17, 15) is 0 Å². The predicted octanol–water partition coefficient (Wildman–Crippen LogP) is -0.959. The molecule has 0 spiro atoms. The molecule has 3 N–H and O–H groups in total. The Balaban J connectivity index is 3.66. The van der Waals surface area contributed by atoms with Crippen molar-refractivity contribution in [2.45, 2.75) is 0 Å². The topological polar surface area (TPSA) is 56.1 Å². The minimum Gasteiger partial charge on any atom is -0.449 e. The maximum absolute atomic E-state index is 8.40. The average Bonchev–Trinajstić information content (AvgIpc) is 1.83. The molecule has 0 heterocycles. The van der Waals surface area contributed by atoms with Gasteiger partial charge in [0.25, 0.3) is 0 Å². The molecular formula is C4H9BN2O. The molecule has 44 valence electrons. The summed E-state index contributed by atoms with van der Waals surface area (Å²) in [4.78, 5) is 0. The molecule has 0 rings (SSSR count). The molecule has 0 aliphatic carbocycles. The minimum absolute atomic E-state index is 0.0790. The van der Waals surface area contributed by atoms with E-state index in [0.29, 0.717) is 5.47 Å². The van der Waals surface area contributed by atoms with Crippen molar-refractivity contribution in [3.8, 4) is 0 Å². The smallest absolute Gasteiger partial charge is 0.307 e. The lowest BCUT2D eigenvalue weighted by atomic mass is 9.90. The molecule has 0 saturated carbocycles. The van der Waals surface area contributed by atoms with Gasteiger partial charge in [0.15, 0.2) is 0 Å². The summed E-state index contributed by atoms with van der Waals surface area (Å²) in [5, 5.41) is 17.8. The second kappa shape index (κ2) is 4.40. The van der Waals surface area contributed by atoms with Gasteiger partial charge in [-0.15, -0.1) is 0 Å². The molecule has 0 amide bonds. The van der Waals surface area contributed by atoms with Crippen LogP contribution in [0.4, 0.5) is 0 Å². The summed E-state index contributed by atoms with van der Waals surface area (Å²) in [6.45, 7) is 0. The van der Waals surface area contributed by atoms with E-state index in [1.165, 1.54) is 0 Å². The standard InChI is InChI=1S/C4H9BN2O/c1-7-3-4(2-6)5-8/h2-3,5-8H,1H3/b4-3+,6-2?. The van der Waals surface area contributed by atoms with Crippen LogP contribution in [-0.4, -0.2) is 25.8 Å². The fourth-order valence-electron chi connectivity index (χ4n) is 0.318. The first-order valence-corrected chi connectivity index (χ1v) is 2.32. The Kier molecular flexibility index (Phi) is 3.97. The van der Waals surface area contributed by atoms with Gasteiger partial charge < -0.3 is 15.8 Å². The molecule has 0 aromatic carbocycles. The average molecular weight is 112 g/mol. The van der Waals surface area contributed by atoms with Gasteiger partial charge in [0.2, 0.25) is 0 Å². The lowest BCUT2D eigenvalue weighted by Crippen LogP contribution is -2.02. The third kappa shape index (κ3) is 2.42. The molecule has 0 unspecified atom stereocenters. The SMILES string of the molecule is CN/C=C(/BO)C=N. The molecule has 0 atom stereocenters. The van der Waals surface area contributed by atoms with Gasteiger partial charge in [-0.25, -0.2) is 0 Å². The van der Waals surface area contributed by atoms with Crippen LogP contribution in [0.5, 0.6) is 0 Å². The van der Waals surface area contributed by atoms with Crippen LogP contribution in [0.1, 0.15) is 0 Å². The molecule has 4 heteroatoms. The highest BCUT2D eigenvalue weighted by atomic mass is 16.2. The van der Waals surface area contributed by atoms with Crippen LogP contribution < -0.4 is 5.32 Å². The highest BCUT2D eigenvalue weighted by Gasteiger charge is 1.87. The molecule has 8 heavy (non-hydrogen) atoms. The second-order valence-corrected chi connectivity index (χ2v) is 1.31. The van der Waals surface area contributed by atoms with E-state index in [1.807, 2.05) is 0 Å². The van der Waals surface area contributed by atoms with Crippen LogP contribution in [-0.2, 0) is 0 Å². The summed E-state index contributed by atoms with van der Waals surface area (Å²) >= 11 is 0. The number of hydrogen-bond donors (Lipinski definition) is 3. The first-order chi connectivity index (χ1) is 3.85. The number of allylic oxidation sites excluding steroid dienone is 1. The van der Waals surface area contributed by atoms with Crippen LogP contribution in [0.2, 0.25) is 0 Å². The summed E-state index contributed by atoms with van der Waals surface area (Å²) in [5.74, 6) is 0. The van der Waals surface area contributed by atoms with E-state index in [1.54, 1.807) is 13.2 Å². The molecule has 0 bridgehead atoms. The van der Waals surface area contributed by atoms with Crippen LogP contribution in [0.25, 0.3) is 0 Å². The van der Waals surface area contributed by atoms with Crippen molar-refractivity contribution in [1.29, 1.82) is 5.41 Å². The fraction of sp³-hybridized carbons (Fsp3) is 0.250. The monoisotopic (exact) mass is 112 g/mol. The van der Waals surface area contributed by atoms with Gasteiger partial charge >= 0.3 is 7.48 Å². The number of rotatable bonds is 3. The van der Waals surface area contributed by atoms with Crippen LogP contribution >= 0.6 is 0 Å². The lowest BCUT2D eigenvalue weighted by Gasteiger charge is -1.89. The van der Waals surface area contributed by atoms with Crippen molar-refractivity contribution in [3.63, 3.8) is 0 Å². The fourth-order valence-corrected chi connectivity index (χ4v) is 0.318. The highest BCUT2D eigenvalue weighted by Crippen LogP contribution is 1.78. The van der Waals surface area contributed by atoms with Gasteiger partial charge in [0.05, 0.1) is 0 Å². The Hall–Kier alpha value is -0.765. The summed E-state index contributed by atoms with van der Waals surface area (Å²) in [6.07, 6.45) is 2.68. The predicted molar refractivity (Wildman–Crippen MR) is 35.3 cm³/mol. The normalized spacial score (nSPS) is 10.5. The summed E-state index contributed by atoms with van der Waals surface area (Å²) < 4.78 is 0. The zero-order valence-electron chi connectivity index (χ0n) is 4.81. The Labute approximate surface area is 49.2 Å². The van der Waals surface area contributed by atoms with E-state index in [0.717, 1.165) is 6.21 Å². The van der Waals surface area contributed by atoms with Gasteiger partial charge in [0.1, 0.15) is 0 Å². The molecule has 0 aliphatic heterocycles. The third-order valence-corrected chi connectivity index (χ3v) is 0.698. The van der Waals surface area contributed by atoms with Gasteiger partial charge in [-0.3, -0.25) is 0 Å². The molecule has 0 aromatic rings. The number of nitrogens with one attached hydrogen (secondary N) is 2. The van der Waals surface area contributed by atoms with E-state index in [-0.39, 0.29) is 7.48 Å². The van der Waals surface area contributed by atoms with Crippen molar-refractivity contribution in [1.82, 2.24) is 5.32 Å². The third-order valence-electron chi connectivity index (χ3n) is 0.698. The Bertz CT molecular complexity index is 102.